The van der Waals surface area contributed by atoms with Crippen LogP contribution in [0.4, 0.5) is 14.9 Å². The van der Waals surface area contributed by atoms with Gasteiger partial charge in [-0.05, 0) is 18.2 Å². The topological polar surface area (TPSA) is 55.6 Å². The van der Waals surface area contributed by atoms with Gasteiger partial charge in [-0.3, -0.25) is 4.90 Å². The lowest BCUT2D eigenvalue weighted by molar-refractivity contribution is 0.179. The molecule has 1 fully saturated rings. The molecule has 80 valence electrons. The van der Waals surface area contributed by atoms with E-state index in [2.05, 4.69) is 0 Å². The molecule has 15 heavy (non-hydrogen) atoms. The molecule has 1 aliphatic heterocycles. The van der Waals surface area contributed by atoms with Gasteiger partial charge in [0.2, 0.25) is 0 Å². The van der Waals surface area contributed by atoms with Gasteiger partial charge < -0.3 is 10.5 Å². The molecule has 1 unspecified atom stereocenters. The van der Waals surface area contributed by atoms with E-state index in [-0.39, 0.29) is 18.5 Å². The van der Waals surface area contributed by atoms with E-state index >= 15 is 0 Å². The molecule has 5 heteroatoms. The van der Waals surface area contributed by atoms with E-state index in [0.29, 0.717) is 12.2 Å². The Labute approximate surface area is 86.4 Å². The molecule has 1 amide bonds. The van der Waals surface area contributed by atoms with Crippen LogP contribution in [0, 0.1) is 5.82 Å². The van der Waals surface area contributed by atoms with Crippen LogP contribution in [-0.2, 0) is 4.74 Å². The Bertz CT molecular complexity index is 383. The van der Waals surface area contributed by atoms with E-state index in [1.54, 1.807) is 12.1 Å². The summed E-state index contributed by atoms with van der Waals surface area (Å²) < 4.78 is 17.8. The predicted molar refractivity (Wildman–Crippen MR) is 53.1 cm³/mol. The molecule has 2 N–H and O–H groups in total. The van der Waals surface area contributed by atoms with E-state index in [9.17, 15) is 9.18 Å². The zero-order chi connectivity index (χ0) is 10.8. The molecule has 0 bridgehead atoms. The van der Waals surface area contributed by atoms with Crippen LogP contribution in [0.15, 0.2) is 24.3 Å². The maximum atomic E-state index is 13.0. The average Bonchev–Trinajstić information content (AvgIpc) is 2.59. The third-order valence-electron chi connectivity index (χ3n) is 2.32. The zero-order valence-electron chi connectivity index (χ0n) is 8.02. The van der Waals surface area contributed by atoms with Gasteiger partial charge in [0.1, 0.15) is 12.4 Å². The van der Waals surface area contributed by atoms with Gasteiger partial charge in [-0.15, -0.1) is 0 Å². The highest BCUT2D eigenvalue weighted by Gasteiger charge is 2.33. The summed E-state index contributed by atoms with van der Waals surface area (Å²) in [7, 11) is 0. The van der Waals surface area contributed by atoms with Gasteiger partial charge in [-0.2, -0.15) is 0 Å². The number of nitrogens with two attached hydrogens (primary N) is 1. The number of rotatable bonds is 2. The molecule has 0 aliphatic carbocycles. The summed E-state index contributed by atoms with van der Waals surface area (Å²) in [6, 6.07) is 5.60. The average molecular weight is 210 g/mol. The van der Waals surface area contributed by atoms with Crippen LogP contribution in [0.25, 0.3) is 0 Å². The van der Waals surface area contributed by atoms with Crippen molar-refractivity contribution in [1.29, 1.82) is 0 Å². The van der Waals surface area contributed by atoms with Crippen molar-refractivity contribution in [2.45, 2.75) is 6.04 Å². The third kappa shape index (κ3) is 1.78. The Morgan fingerprint density at radius 2 is 2.40 bits per heavy atom. The smallest absolute Gasteiger partial charge is 0.414 e. The van der Waals surface area contributed by atoms with Gasteiger partial charge in [0.25, 0.3) is 0 Å². The van der Waals surface area contributed by atoms with E-state index < -0.39 is 6.09 Å². The molecule has 1 atom stereocenters. The molecule has 1 aromatic carbocycles. The number of ether oxygens (including phenoxy) is 1. The third-order valence-corrected chi connectivity index (χ3v) is 2.32. The van der Waals surface area contributed by atoms with E-state index in [1.807, 2.05) is 0 Å². The normalized spacial score (nSPS) is 20.5. The highest BCUT2D eigenvalue weighted by atomic mass is 19.1. The van der Waals surface area contributed by atoms with E-state index in [4.69, 9.17) is 10.5 Å². The number of nitrogens with zero attached hydrogens (tertiary/aromatic N) is 1. The predicted octanol–water partition coefficient (Wildman–Crippen LogP) is 1.11. The molecular formula is C10H11FN2O2. The Balaban J connectivity index is 2.32. The molecule has 1 aliphatic rings. The first-order valence-corrected chi connectivity index (χ1v) is 4.64. The van der Waals surface area contributed by atoms with Gasteiger partial charge in [-0.25, -0.2) is 9.18 Å². The second-order valence-electron chi connectivity index (χ2n) is 3.32. The highest BCUT2D eigenvalue weighted by Crippen LogP contribution is 2.23. The highest BCUT2D eigenvalue weighted by molar-refractivity contribution is 5.90. The standard InChI is InChI=1S/C10H11FN2O2/c11-7-2-1-3-8(4-7)13-9(5-12)6-15-10(13)14/h1-4,9H,5-6,12H2. The molecule has 0 spiro atoms. The van der Waals surface area contributed by atoms with Gasteiger partial charge >= 0.3 is 6.09 Å². The Morgan fingerprint density at radius 1 is 1.60 bits per heavy atom. The maximum Gasteiger partial charge on any atom is 0.414 e. The summed E-state index contributed by atoms with van der Waals surface area (Å²) in [5.41, 5.74) is 5.97. The molecule has 0 saturated carbocycles. The van der Waals surface area contributed by atoms with Gasteiger partial charge in [0.05, 0.1) is 11.7 Å². The molecule has 2 rings (SSSR count). The minimum Gasteiger partial charge on any atom is -0.447 e. The lowest BCUT2D eigenvalue weighted by Gasteiger charge is -2.19. The van der Waals surface area contributed by atoms with Crippen LogP contribution in [-0.4, -0.2) is 25.3 Å². The number of hydrogen-bond donors (Lipinski definition) is 1. The molecular weight excluding hydrogens is 199 g/mol. The van der Waals surface area contributed by atoms with Crippen molar-refractivity contribution in [3.05, 3.63) is 30.1 Å². The number of benzene rings is 1. The van der Waals surface area contributed by atoms with Crippen LogP contribution in [0.5, 0.6) is 0 Å². The van der Waals surface area contributed by atoms with Crippen LogP contribution >= 0.6 is 0 Å². The summed E-state index contributed by atoms with van der Waals surface area (Å²) in [4.78, 5) is 12.8. The Morgan fingerprint density at radius 3 is 3.07 bits per heavy atom. The summed E-state index contributed by atoms with van der Waals surface area (Å²) >= 11 is 0. The lowest BCUT2D eigenvalue weighted by Crippen LogP contribution is -2.38. The van der Waals surface area contributed by atoms with Gasteiger partial charge in [-0.1, -0.05) is 6.07 Å². The molecule has 1 saturated heterocycles. The first-order chi connectivity index (χ1) is 7.22. The van der Waals surface area contributed by atoms with Crippen LogP contribution in [0.1, 0.15) is 0 Å². The fourth-order valence-electron chi connectivity index (χ4n) is 1.58. The second-order valence-corrected chi connectivity index (χ2v) is 3.32. The number of carbonyl (C=O) groups excluding carboxylic acids is 1. The summed E-state index contributed by atoms with van der Waals surface area (Å²) in [6.45, 7) is 0.550. The van der Waals surface area contributed by atoms with Crippen molar-refractivity contribution in [1.82, 2.24) is 0 Å². The molecule has 1 heterocycles. The van der Waals surface area contributed by atoms with Crippen molar-refractivity contribution in [3.63, 3.8) is 0 Å². The SMILES string of the molecule is NCC1COC(=O)N1c1cccc(F)c1. The fraction of sp³-hybridized carbons (Fsp3) is 0.300. The quantitative estimate of drug-likeness (QED) is 0.795. The van der Waals surface area contributed by atoms with Crippen LogP contribution in [0.2, 0.25) is 0 Å². The number of halogens is 1. The van der Waals surface area contributed by atoms with Crippen molar-refractivity contribution in [2.75, 3.05) is 18.1 Å². The van der Waals surface area contributed by atoms with E-state index in [1.165, 1.54) is 17.0 Å². The van der Waals surface area contributed by atoms with Crippen LogP contribution < -0.4 is 10.6 Å². The summed E-state index contributed by atoms with van der Waals surface area (Å²) in [5.74, 6) is -0.386. The van der Waals surface area contributed by atoms with E-state index in [0.717, 1.165) is 0 Å². The van der Waals surface area contributed by atoms with Crippen molar-refractivity contribution in [2.24, 2.45) is 5.73 Å². The molecule has 0 radical (unpaired) electrons. The Kier molecular flexibility index (Phi) is 2.55. The van der Waals surface area contributed by atoms with Crippen molar-refractivity contribution in [3.8, 4) is 0 Å². The maximum absolute atomic E-state index is 13.0. The monoisotopic (exact) mass is 210 g/mol. The lowest BCUT2D eigenvalue weighted by atomic mass is 10.2. The number of amides is 1. The summed E-state index contributed by atoms with van der Waals surface area (Å²) in [5, 5.41) is 0. The zero-order valence-corrected chi connectivity index (χ0v) is 8.02. The minimum absolute atomic E-state index is 0.209. The van der Waals surface area contributed by atoms with Crippen molar-refractivity contribution < 1.29 is 13.9 Å². The molecule has 0 aromatic heterocycles. The van der Waals surface area contributed by atoms with Gasteiger partial charge in [0, 0.05) is 6.54 Å². The Hall–Kier alpha value is -1.62. The first-order valence-electron chi connectivity index (χ1n) is 4.64. The molecule has 4 nitrogen and oxygen atoms in total. The number of hydrogen-bond acceptors (Lipinski definition) is 3. The summed E-state index contributed by atoms with van der Waals surface area (Å²) in [6.07, 6.45) is -0.476. The molecule has 1 aromatic rings. The van der Waals surface area contributed by atoms with Crippen LogP contribution in [0.3, 0.4) is 0 Å². The number of cyclic esters (lactones) is 1. The first kappa shape index (κ1) is 9.92. The second kappa shape index (κ2) is 3.86. The number of anilines is 1. The minimum atomic E-state index is -0.476. The van der Waals surface area contributed by atoms with Gasteiger partial charge in [0.15, 0.2) is 0 Å². The largest absolute Gasteiger partial charge is 0.447 e. The van der Waals surface area contributed by atoms with Crippen molar-refractivity contribution >= 4 is 11.8 Å². The fourth-order valence-corrected chi connectivity index (χ4v) is 1.58. The number of carbonyl (C=O) groups is 1.